The van der Waals surface area contributed by atoms with Gasteiger partial charge in [0, 0.05) is 24.2 Å². The van der Waals surface area contributed by atoms with E-state index in [1.165, 1.54) is 6.07 Å². The predicted molar refractivity (Wildman–Crippen MR) is 126 cm³/mol. The van der Waals surface area contributed by atoms with Gasteiger partial charge in [0.1, 0.15) is 5.82 Å². The predicted octanol–water partition coefficient (Wildman–Crippen LogP) is 4.67. The quantitative estimate of drug-likeness (QED) is 0.342. The molecule has 9 heteroatoms. The van der Waals surface area contributed by atoms with Crippen molar-refractivity contribution in [2.45, 2.75) is 19.1 Å². The molecule has 5 rings (SSSR count). The average molecular weight is 460 g/mol. The Balaban J connectivity index is 1.40. The van der Waals surface area contributed by atoms with Gasteiger partial charge in [0.2, 0.25) is 5.65 Å². The maximum atomic E-state index is 14.5. The Bertz CT molecular complexity index is 1530. The molecule has 166 valence electrons. The van der Waals surface area contributed by atoms with E-state index >= 15 is 0 Å². The molecular formula is C24H22FN6OP. The molecular weight excluding hydrogens is 438 g/mol. The van der Waals surface area contributed by atoms with Gasteiger partial charge >= 0.3 is 0 Å². The van der Waals surface area contributed by atoms with E-state index in [1.807, 2.05) is 30.3 Å². The van der Waals surface area contributed by atoms with Crippen molar-refractivity contribution in [3.8, 4) is 0 Å². The molecule has 7 nitrogen and oxygen atoms in total. The standard InChI is InChI=1S/C24H22FN6OP/c1-33(2,32)15-19-7-5-16(12-21(19)25)11-20-13-27-23-24(28-20)31(30-29-23)14-17-6-8-22-18(10-17)4-3-9-26-22/h3-10,12-13H,11,14-15H2,1-2H3. The number of nitrogens with zero attached hydrogens (tertiary/aromatic N) is 6. The van der Waals surface area contributed by atoms with Crippen molar-refractivity contribution < 1.29 is 8.96 Å². The van der Waals surface area contributed by atoms with Gasteiger partial charge in [-0.1, -0.05) is 29.5 Å². The van der Waals surface area contributed by atoms with Crippen LogP contribution in [0.25, 0.3) is 22.2 Å². The fourth-order valence-electron chi connectivity index (χ4n) is 3.83. The second-order valence-electron chi connectivity index (χ2n) is 8.62. The average Bonchev–Trinajstić information content (AvgIpc) is 3.17. The van der Waals surface area contributed by atoms with E-state index in [-0.39, 0.29) is 12.0 Å². The minimum atomic E-state index is -2.35. The minimum Gasteiger partial charge on any atom is -0.324 e. The summed E-state index contributed by atoms with van der Waals surface area (Å²) in [7, 11) is -2.35. The largest absolute Gasteiger partial charge is 0.324 e. The van der Waals surface area contributed by atoms with E-state index in [0.29, 0.717) is 35.5 Å². The molecule has 3 aromatic heterocycles. The molecule has 33 heavy (non-hydrogen) atoms. The van der Waals surface area contributed by atoms with Crippen LogP contribution < -0.4 is 0 Å². The van der Waals surface area contributed by atoms with E-state index in [2.05, 4.69) is 26.3 Å². The summed E-state index contributed by atoms with van der Waals surface area (Å²) < 4.78 is 28.3. The van der Waals surface area contributed by atoms with Crippen LogP contribution in [0.4, 0.5) is 4.39 Å². The Morgan fingerprint density at radius 2 is 1.88 bits per heavy atom. The molecule has 0 aliphatic rings. The smallest absolute Gasteiger partial charge is 0.221 e. The molecule has 5 aromatic rings. The second-order valence-corrected chi connectivity index (χ2v) is 12.1. The number of aromatic nitrogens is 6. The highest BCUT2D eigenvalue weighted by atomic mass is 31.2. The van der Waals surface area contributed by atoms with Gasteiger partial charge in [-0.3, -0.25) is 4.98 Å². The molecule has 0 atom stereocenters. The van der Waals surface area contributed by atoms with Gasteiger partial charge in [0.05, 0.1) is 31.1 Å². The molecule has 0 unspecified atom stereocenters. The molecule has 0 amide bonds. The zero-order valence-corrected chi connectivity index (χ0v) is 19.2. The molecule has 0 saturated heterocycles. The lowest BCUT2D eigenvalue weighted by Crippen LogP contribution is -2.04. The van der Waals surface area contributed by atoms with Crippen molar-refractivity contribution in [1.29, 1.82) is 0 Å². The van der Waals surface area contributed by atoms with Gasteiger partial charge in [-0.15, -0.1) is 5.10 Å². The minimum absolute atomic E-state index is 0.251. The zero-order valence-electron chi connectivity index (χ0n) is 18.3. The maximum absolute atomic E-state index is 14.5. The maximum Gasteiger partial charge on any atom is 0.221 e. The summed E-state index contributed by atoms with van der Waals surface area (Å²) in [4.78, 5) is 13.4. The van der Waals surface area contributed by atoms with Crippen molar-refractivity contribution in [3.05, 3.63) is 89.1 Å². The third kappa shape index (κ3) is 4.81. The Labute approximate surface area is 190 Å². The number of pyridine rings is 1. The van der Waals surface area contributed by atoms with Crippen molar-refractivity contribution in [1.82, 2.24) is 29.9 Å². The van der Waals surface area contributed by atoms with Gasteiger partial charge in [0.15, 0.2) is 5.65 Å². The molecule has 3 heterocycles. The highest BCUT2D eigenvalue weighted by Gasteiger charge is 2.14. The van der Waals surface area contributed by atoms with Crippen LogP contribution in [0.2, 0.25) is 0 Å². The van der Waals surface area contributed by atoms with E-state index in [0.717, 1.165) is 22.0 Å². The van der Waals surface area contributed by atoms with Crippen LogP contribution in [0.3, 0.4) is 0 Å². The highest BCUT2D eigenvalue weighted by molar-refractivity contribution is 7.61. The number of benzene rings is 2. The van der Waals surface area contributed by atoms with Gasteiger partial charge in [0.25, 0.3) is 0 Å². The van der Waals surface area contributed by atoms with Gasteiger partial charge < -0.3 is 4.57 Å². The van der Waals surface area contributed by atoms with Crippen LogP contribution in [0.15, 0.2) is 60.9 Å². The first-order valence-corrected chi connectivity index (χ1v) is 13.3. The van der Waals surface area contributed by atoms with E-state index in [4.69, 9.17) is 4.98 Å². The second kappa shape index (κ2) is 8.45. The van der Waals surface area contributed by atoms with Crippen LogP contribution >= 0.6 is 7.14 Å². The van der Waals surface area contributed by atoms with E-state index in [9.17, 15) is 8.96 Å². The Hall–Kier alpha value is -3.51. The van der Waals surface area contributed by atoms with Crippen LogP contribution in [-0.2, 0) is 23.7 Å². The normalized spacial score (nSPS) is 12.0. The van der Waals surface area contributed by atoms with E-state index in [1.54, 1.807) is 36.5 Å². The van der Waals surface area contributed by atoms with Gasteiger partial charge in [-0.2, -0.15) is 0 Å². The van der Waals surface area contributed by atoms with Crippen molar-refractivity contribution in [3.63, 3.8) is 0 Å². The van der Waals surface area contributed by atoms with Crippen molar-refractivity contribution >= 4 is 29.3 Å². The summed E-state index contributed by atoms with van der Waals surface area (Å²) in [5, 5.41) is 9.40. The van der Waals surface area contributed by atoms with Crippen molar-refractivity contribution in [2.75, 3.05) is 13.3 Å². The monoisotopic (exact) mass is 460 g/mol. The van der Waals surface area contributed by atoms with Crippen LogP contribution in [0.1, 0.15) is 22.4 Å². The van der Waals surface area contributed by atoms with Gasteiger partial charge in [-0.25, -0.2) is 19.0 Å². The molecule has 2 aromatic carbocycles. The first-order chi connectivity index (χ1) is 15.8. The van der Waals surface area contributed by atoms with Crippen LogP contribution in [0, 0.1) is 5.82 Å². The number of hydrogen-bond acceptors (Lipinski definition) is 6. The zero-order chi connectivity index (χ0) is 23.0. The summed E-state index contributed by atoms with van der Waals surface area (Å²) in [6.45, 7) is 3.82. The molecule has 0 saturated carbocycles. The summed E-state index contributed by atoms with van der Waals surface area (Å²) >= 11 is 0. The molecule has 0 aliphatic heterocycles. The molecule has 0 aliphatic carbocycles. The lowest BCUT2D eigenvalue weighted by molar-refractivity contribution is 0.577. The summed E-state index contributed by atoms with van der Waals surface area (Å²) in [5.74, 6) is -0.344. The Morgan fingerprint density at radius 3 is 2.70 bits per heavy atom. The molecule has 0 N–H and O–H groups in total. The topological polar surface area (TPSA) is 86.5 Å². The summed E-state index contributed by atoms with van der Waals surface area (Å²) in [6, 6.07) is 15.0. The number of fused-ring (bicyclic) bond motifs is 2. The van der Waals surface area contributed by atoms with Crippen LogP contribution in [-0.4, -0.2) is 43.3 Å². The number of rotatable bonds is 6. The number of halogens is 1. The first-order valence-electron chi connectivity index (χ1n) is 10.5. The highest BCUT2D eigenvalue weighted by Crippen LogP contribution is 2.41. The fraction of sp³-hybridized carbons (Fsp3) is 0.208. The summed E-state index contributed by atoms with van der Waals surface area (Å²) in [6.07, 6.45) is 4.08. The Kier molecular flexibility index (Phi) is 5.46. The van der Waals surface area contributed by atoms with Crippen LogP contribution in [0.5, 0.6) is 0 Å². The first kappa shape index (κ1) is 21.3. The molecule has 0 fully saturated rings. The molecule has 0 radical (unpaired) electrons. The lowest BCUT2D eigenvalue weighted by atomic mass is 10.1. The molecule has 0 spiro atoms. The van der Waals surface area contributed by atoms with Gasteiger partial charge in [-0.05, 0) is 54.3 Å². The Morgan fingerprint density at radius 1 is 1.03 bits per heavy atom. The van der Waals surface area contributed by atoms with E-state index < -0.39 is 7.14 Å². The van der Waals surface area contributed by atoms with Crippen molar-refractivity contribution in [2.24, 2.45) is 0 Å². The number of hydrogen-bond donors (Lipinski definition) is 0. The molecule has 0 bridgehead atoms. The third-order valence-electron chi connectivity index (χ3n) is 5.33. The SMILES string of the molecule is CP(C)(=O)Cc1ccc(Cc2cnc3nnn(Cc4ccc5ncccc5c4)c3n2)cc1F. The third-order valence-corrected chi connectivity index (χ3v) is 6.43. The summed E-state index contributed by atoms with van der Waals surface area (Å²) in [5.41, 5.74) is 4.97. The lowest BCUT2D eigenvalue weighted by Gasteiger charge is -2.09. The fourth-order valence-corrected chi connectivity index (χ4v) is 4.90.